The lowest BCUT2D eigenvalue weighted by atomic mass is 10.2. The average Bonchev–Trinajstić information content (AvgIpc) is 3.35. The van der Waals surface area contributed by atoms with Crippen LogP contribution >= 0.6 is 23.1 Å². The van der Waals surface area contributed by atoms with Gasteiger partial charge < -0.3 is 4.40 Å². The van der Waals surface area contributed by atoms with Gasteiger partial charge in [-0.3, -0.25) is 10.1 Å². The molecule has 11 heteroatoms. The van der Waals surface area contributed by atoms with Crippen LogP contribution in [0.4, 0.5) is 5.13 Å². The van der Waals surface area contributed by atoms with E-state index in [4.69, 9.17) is 0 Å². The molecule has 0 aliphatic carbocycles. The second-order valence-corrected chi connectivity index (χ2v) is 7.75. The van der Waals surface area contributed by atoms with Gasteiger partial charge in [0, 0.05) is 18.1 Å². The summed E-state index contributed by atoms with van der Waals surface area (Å²) in [6.07, 6.45) is 3.55. The fourth-order valence-electron chi connectivity index (χ4n) is 2.35. The van der Waals surface area contributed by atoms with Gasteiger partial charge in [-0.2, -0.15) is 5.21 Å². The van der Waals surface area contributed by atoms with Gasteiger partial charge >= 0.3 is 0 Å². The number of nitrogens with zero attached hydrogens (tertiary/aromatic N) is 6. The van der Waals surface area contributed by atoms with Gasteiger partial charge in [0.2, 0.25) is 0 Å². The Hall–Kier alpha value is -2.79. The number of pyridine rings is 1. The number of hydrogen-bond donors (Lipinski definition) is 2. The molecule has 0 spiro atoms. The maximum Gasteiger partial charge on any atom is 0.258 e. The van der Waals surface area contributed by atoms with E-state index in [9.17, 15) is 4.79 Å². The SMILES string of the molecule is Cc1nc(NC(=O)c2ccc3ncc(C)n3c2)sc1SCc1nn[nH]n1. The standard InChI is InChI=1S/C15H14N8OS2/c1-8-5-16-12-4-3-10(6-23(8)12)13(24)18-15-17-9(2)14(26-15)25-7-11-19-21-22-20-11/h3-6H,7H2,1-2H3,(H,17,18,24)(H,19,20,21,22). The van der Waals surface area contributed by atoms with Gasteiger partial charge in [0.05, 0.1) is 21.2 Å². The first kappa shape index (κ1) is 16.7. The lowest BCUT2D eigenvalue weighted by Gasteiger charge is -2.03. The van der Waals surface area contributed by atoms with Crippen LogP contribution in [0.15, 0.2) is 28.7 Å². The summed E-state index contributed by atoms with van der Waals surface area (Å²) in [4.78, 5) is 21.2. The molecule has 0 saturated carbocycles. The summed E-state index contributed by atoms with van der Waals surface area (Å²) < 4.78 is 2.89. The molecular weight excluding hydrogens is 372 g/mol. The van der Waals surface area contributed by atoms with E-state index in [1.54, 1.807) is 30.2 Å². The van der Waals surface area contributed by atoms with Crippen molar-refractivity contribution in [2.45, 2.75) is 23.8 Å². The van der Waals surface area contributed by atoms with Gasteiger partial charge in [-0.05, 0) is 26.0 Å². The summed E-state index contributed by atoms with van der Waals surface area (Å²) in [7, 11) is 0. The minimum absolute atomic E-state index is 0.205. The first-order valence-electron chi connectivity index (χ1n) is 7.68. The first-order chi connectivity index (χ1) is 12.6. The molecule has 0 aromatic carbocycles. The van der Waals surface area contributed by atoms with Crippen LogP contribution in [0.3, 0.4) is 0 Å². The number of thioether (sulfide) groups is 1. The highest BCUT2D eigenvalue weighted by molar-refractivity contribution is 8.00. The molecule has 4 rings (SSSR count). The average molecular weight is 386 g/mol. The Kier molecular flexibility index (Phi) is 4.39. The first-order valence-corrected chi connectivity index (χ1v) is 9.48. The molecule has 4 heterocycles. The number of fused-ring (bicyclic) bond motifs is 1. The van der Waals surface area contributed by atoms with E-state index in [2.05, 4.69) is 35.9 Å². The zero-order valence-corrected chi connectivity index (χ0v) is 15.6. The van der Waals surface area contributed by atoms with Crippen LogP contribution in [0.25, 0.3) is 5.65 Å². The molecule has 132 valence electrons. The molecule has 0 radical (unpaired) electrons. The van der Waals surface area contributed by atoms with Crippen molar-refractivity contribution in [2.24, 2.45) is 0 Å². The highest BCUT2D eigenvalue weighted by atomic mass is 32.2. The van der Waals surface area contributed by atoms with Crippen molar-refractivity contribution < 1.29 is 4.79 Å². The number of nitrogens with one attached hydrogen (secondary N) is 2. The number of hydrogen-bond acceptors (Lipinski definition) is 8. The number of aromatic amines is 1. The number of imidazole rings is 1. The smallest absolute Gasteiger partial charge is 0.258 e. The van der Waals surface area contributed by atoms with Crippen molar-refractivity contribution in [2.75, 3.05) is 5.32 Å². The van der Waals surface area contributed by atoms with Crippen LogP contribution in [0.2, 0.25) is 0 Å². The van der Waals surface area contributed by atoms with E-state index in [0.29, 0.717) is 22.3 Å². The molecule has 26 heavy (non-hydrogen) atoms. The summed E-state index contributed by atoms with van der Waals surface area (Å²) in [6, 6.07) is 3.57. The molecule has 2 N–H and O–H groups in total. The van der Waals surface area contributed by atoms with E-state index in [1.165, 1.54) is 11.3 Å². The van der Waals surface area contributed by atoms with E-state index in [0.717, 1.165) is 21.2 Å². The molecule has 1 amide bonds. The molecule has 0 saturated heterocycles. The molecule has 4 aromatic rings. The van der Waals surface area contributed by atoms with Gasteiger partial charge in [0.1, 0.15) is 5.65 Å². The second kappa shape index (κ2) is 6.84. The van der Waals surface area contributed by atoms with Crippen LogP contribution in [0.1, 0.15) is 27.6 Å². The van der Waals surface area contributed by atoms with Crippen LogP contribution in [0.5, 0.6) is 0 Å². The highest BCUT2D eigenvalue weighted by Gasteiger charge is 2.14. The van der Waals surface area contributed by atoms with E-state index < -0.39 is 0 Å². The van der Waals surface area contributed by atoms with E-state index in [1.807, 2.05) is 24.3 Å². The van der Waals surface area contributed by atoms with Crippen LogP contribution in [-0.4, -0.2) is 40.9 Å². The number of tetrazole rings is 1. The molecule has 0 fully saturated rings. The van der Waals surface area contributed by atoms with Gasteiger partial charge in [-0.1, -0.05) is 16.6 Å². The predicted molar refractivity (Wildman–Crippen MR) is 98.5 cm³/mol. The predicted octanol–water partition coefficient (Wildman–Crippen LogP) is 2.47. The molecule has 0 bridgehead atoms. The number of aryl methyl sites for hydroxylation is 2. The monoisotopic (exact) mass is 386 g/mol. The fourth-order valence-corrected chi connectivity index (χ4v) is 4.33. The van der Waals surface area contributed by atoms with Crippen molar-refractivity contribution in [3.63, 3.8) is 0 Å². The third kappa shape index (κ3) is 3.30. The van der Waals surface area contributed by atoms with Crippen molar-refractivity contribution in [1.82, 2.24) is 35.0 Å². The van der Waals surface area contributed by atoms with E-state index >= 15 is 0 Å². The zero-order valence-electron chi connectivity index (χ0n) is 13.9. The van der Waals surface area contributed by atoms with Crippen molar-refractivity contribution in [3.05, 3.63) is 47.3 Å². The summed E-state index contributed by atoms with van der Waals surface area (Å²) in [5.74, 6) is 1.00. The minimum atomic E-state index is -0.205. The molecule has 9 nitrogen and oxygen atoms in total. The van der Waals surface area contributed by atoms with Gasteiger partial charge in [-0.15, -0.1) is 22.0 Å². The maximum absolute atomic E-state index is 12.5. The highest BCUT2D eigenvalue weighted by Crippen LogP contribution is 2.33. The zero-order chi connectivity index (χ0) is 18.1. The lowest BCUT2D eigenvalue weighted by molar-refractivity contribution is 0.102. The van der Waals surface area contributed by atoms with Gasteiger partial charge in [-0.25, -0.2) is 9.97 Å². The molecule has 0 atom stereocenters. The Morgan fingerprint density at radius 1 is 1.38 bits per heavy atom. The van der Waals surface area contributed by atoms with Crippen molar-refractivity contribution in [3.8, 4) is 0 Å². The van der Waals surface area contributed by atoms with Crippen LogP contribution < -0.4 is 5.32 Å². The topological polar surface area (TPSA) is 114 Å². The molecular formula is C15H14N8OS2. The summed E-state index contributed by atoms with van der Waals surface area (Å²) in [5, 5.41) is 17.2. The van der Waals surface area contributed by atoms with Crippen molar-refractivity contribution in [1.29, 1.82) is 0 Å². The number of carbonyl (C=O) groups is 1. The largest absolute Gasteiger partial charge is 0.304 e. The lowest BCUT2D eigenvalue weighted by Crippen LogP contribution is -2.12. The van der Waals surface area contributed by atoms with Gasteiger partial charge in [0.25, 0.3) is 5.91 Å². The number of amides is 1. The molecule has 0 unspecified atom stereocenters. The number of H-pyrrole nitrogens is 1. The molecule has 0 aliphatic heterocycles. The third-order valence-corrected chi connectivity index (χ3v) is 6.08. The van der Waals surface area contributed by atoms with Crippen LogP contribution in [-0.2, 0) is 5.75 Å². The number of rotatable bonds is 5. The molecule has 0 aliphatic rings. The van der Waals surface area contributed by atoms with Crippen LogP contribution in [0, 0.1) is 13.8 Å². The number of thiazole rings is 1. The summed E-state index contributed by atoms with van der Waals surface area (Å²) in [6.45, 7) is 3.85. The number of anilines is 1. The summed E-state index contributed by atoms with van der Waals surface area (Å²) in [5.41, 5.74) is 3.19. The normalized spacial score (nSPS) is 11.2. The molecule has 4 aromatic heterocycles. The Bertz CT molecular complexity index is 1070. The fraction of sp³-hybridized carbons (Fsp3) is 0.200. The number of carbonyl (C=O) groups excluding carboxylic acids is 1. The number of aromatic nitrogens is 7. The minimum Gasteiger partial charge on any atom is -0.304 e. The Labute approximate surface area is 156 Å². The Morgan fingerprint density at radius 3 is 3.08 bits per heavy atom. The Balaban J connectivity index is 1.48. The van der Waals surface area contributed by atoms with E-state index in [-0.39, 0.29) is 5.91 Å². The van der Waals surface area contributed by atoms with Crippen molar-refractivity contribution >= 4 is 39.8 Å². The quantitative estimate of drug-likeness (QED) is 0.506. The summed E-state index contributed by atoms with van der Waals surface area (Å²) >= 11 is 2.99. The maximum atomic E-state index is 12.5. The third-order valence-electron chi connectivity index (χ3n) is 3.65. The Morgan fingerprint density at radius 2 is 2.27 bits per heavy atom. The second-order valence-electron chi connectivity index (χ2n) is 5.51. The van der Waals surface area contributed by atoms with Gasteiger partial charge in [0.15, 0.2) is 11.0 Å².